The van der Waals surface area contributed by atoms with Gasteiger partial charge in [-0.1, -0.05) is 38.1 Å². The van der Waals surface area contributed by atoms with Crippen LogP contribution in [0.2, 0.25) is 0 Å². The third-order valence-corrected chi connectivity index (χ3v) is 7.54. The zero-order valence-electron chi connectivity index (χ0n) is 20.1. The predicted molar refractivity (Wildman–Crippen MR) is 125 cm³/mol. The summed E-state index contributed by atoms with van der Waals surface area (Å²) >= 11 is 0. The van der Waals surface area contributed by atoms with Crippen molar-refractivity contribution in [3.63, 3.8) is 0 Å². The van der Waals surface area contributed by atoms with E-state index in [0.29, 0.717) is 23.4 Å². The molecule has 1 unspecified atom stereocenters. The van der Waals surface area contributed by atoms with Crippen molar-refractivity contribution < 1.29 is 9.53 Å². The van der Waals surface area contributed by atoms with Crippen molar-refractivity contribution in [3.05, 3.63) is 35.4 Å². The van der Waals surface area contributed by atoms with E-state index in [1.165, 1.54) is 24.0 Å². The third kappa shape index (κ3) is 4.93. The van der Waals surface area contributed by atoms with E-state index in [9.17, 15) is 4.79 Å². The van der Waals surface area contributed by atoms with Crippen LogP contribution in [0.4, 0.5) is 4.79 Å². The fraction of sp³-hybridized carbons (Fsp3) is 0.731. The van der Waals surface area contributed by atoms with Gasteiger partial charge in [-0.2, -0.15) is 0 Å². The predicted octanol–water partition coefficient (Wildman–Crippen LogP) is 4.94. The molecule has 31 heavy (non-hydrogen) atoms. The third-order valence-electron chi connectivity index (χ3n) is 7.54. The van der Waals surface area contributed by atoms with Crippen LogP contribution < -0.4 is 5.32 Å². The van der Waals surface area contributed by atoms with Gasteiger partial charge in [-0.15, -0.1) is 0 Å². The Balaban J connectivity index is 1.38. The van der Waals surface area contributed by atoms with E-state index in [1.807, 2.05) is 25.7 Å². The highest BCUT2D eigenvalue weighted by molar-refractivity contribution is 5.68. The van der Waals surface area contributed by atoms with Crippen LogP contribution in [0.3, 0.4) is 0 Å². The molecule has 172 valence electrons. The van der Waals surface area contributed by atoms with Gasteiger partial charge < -0.3 is 15.0 Å². The van der Waals surface area contributed by atoms with Crippen LogP contribution in [-0.4, -0.2) is 60.3 Å². The number of hydrogen-bond donors (Lipinski definition) is 1. The summed E-state index contributed by atoms with van der Waals surface area (Å²) < 4.78 is 5.58. The van der Waals surface area contributed by atoms with Gasteiger partial charge in [-0.25, -0.2) is 4.79 Å². The number of carbonyl (C=O) groups excluding carboxylic acids is 1. The molecule has 5 heteroatoms. The highest BCUT2D eigenvalue weighted by atomic mass is 16.6. The van der Waals surface area contributed by atoms with E-state index >= 15 is 0 Å². The Labute approximate surface area is 188 Å². The first-order valence-corrected chi connectivity index (χ1v) is 12.2. The van der Waals surface area contributed by atoms with E-state index in [2.05, 4.69) is 48.3 Å². The molecular formula is C26H41N3O2. The molecule has 5 nitrogen and oxygen atoms in total. The highest BCUT2D eigenvalue weighted by Gasteiger charge is 2.50. The summed E-state index contributed by atoms with van der Waals surface area (Å²) in [5.41, 5.74) is 3.00. The first-order chi connectivity index (χ1) is 14.7. The minimum absolute atomic E-state index is 0.148. The van der Waals surface area contributed by atoms with Gasteiger partial charge >= 0.3 is 6.09 Å². The van der Waals surface area contributed by atoms with Gasteiger partial charge in [-0.3, -0.25) is 4.90 Å². The highest BCUT2D eigenvalue weighted by Crippen LogP contribution is 2.52. The topological polar surface area (TPSA) is 44.8 Å². The van der Waals surface area contributed by atoms with Crippen LogP contribution in [0.25, 0.3) is 0 Å². The maximum absolute atomic E-state index is 12.4. The summed E-state index contributed by atoms with van der Waals surface area (Å²) in [4.78, 5) is 17.1. The Morgan fingerprint density at radius 2 is 1.81 bits per heavy atom. The van der Waals surface area contributed by atoms with Crippen LogP contribution in [0.15, 0.2) is 24.3 Å². The van der Waals surface area contributed by atoms with Crippen molar-refractivity contribution in [3.8, 4) is 0 Å². The van der Waals surface area contributed by atoms with Gasteiger partial charge in [0, 0.05) is 44.8 Å². The molecule has 0 aromatic heterocycles. The van der Waals surface area contributed by atoms with Gasteiger partial charge in [0.1, 0.15) is 5.60 Å². The molecule has 1 aromatic rings. The van der Waals surface area contributed by atoms with Gasteiger partial charge in [0.2, 0.25) is 0 Å². The van der Waals surface area contributed by atoms with Gasteiger partial charge in [0.15, 0.2) is 0 Å². The molecule has 4 rings (SSSR count). The molecule has 3 fully saturated rings. The summed E-state index contributed by atoms with van der Waals surface area (Å²) in [5.74, 6) is 0.546. The zero-order valence-corrected chi connectivity index (χ0v) is 20.1. The minimum atomic E-state index is -0.419. The SMILES string of the molecule is CC(C)c1ccccc1C1CNCCN1C1CC2(CCN(C(=O)OC(C)(C)C)CC2)C1. The summed E-state index contributed by atoms with van der Waals surface area (Å²) in [5, 5.41) is 3.64. The van der Waals surface area contributed by atoms with E-state index in [1.54, 1.807) is 0 Å². The maximum Gasteiger partial charge on any atom is 0.410 e. The molecule has 1 spiro atoms. The molecule has 2 heterocycles. The smallest absolute Gasteiger partial charge is 0.410 e. The standard InChI is InChI=1S/C26H41N3O2/c1-19(2)21-8-6-7-9-22(21)23-18-27-12-15-29(23)20-16-26(17-20)10-13-28(14-11-26)24(30)31-25(3,4)5/h6-9,19-20,23,27H,10-18H2,1-5H3. The molecule has 1 aliphatic carbocycles. The first kappa shape index (κ1) is 22.6. The quantitative estimate of drug-likeness (QED) is 0.742. The summed E-state index contributed by atoms with van der Waals surface area (Å²) in [6.45, 7) is 15.3. The number of rotatable bonds is 3. The molecule has 1 atom stereocenters. The Hall–Kier alpha value is -1.59. The number of likely N-dealkylation sites (tertiary alicyclic amines) is 1. The van der Waals surface area contributed by atoms with Crippen LogP contribution in [0.1, 0.15) is 83.4 Å². The number of ether oxygens (including phenoxy) is 1. The average molecular weight is 428 g/mol. The van der Waals surface area contributed by atoms with Gasteiger partial charge in [-0.05, 0) is 68.9 Å². The second-order valence-electron chi connectivity index (χ2n) is 11.3. The summed E-state index contributed by atoms with van der Waals surface area (Å²) in [6, 6.07) is 10.2. The number of nitrogens with one attached hydrogen (secondary N) is 1. The van der Waals surface area contributed by atoms with Crippen LogP contribution >= 0.6 is 0 Å². The Bertz CT molecular complexity index is 769. The Morgan fingerprint density at radius 1 is 1.13 bits per heavy atom. The number of hydrogen-bond acceptors (Lipinski definition) is 4. The van der Waals surface area contributed by atoms with Crippen LogP contribution in [0.5, 0.6) is 0 Å². The molecule has 1 saturated carbocycles. The Kier molecular flexibility index (Phi) is 6.37. The van der Waals surface area contributed by atoms with Crippen molar-refractivity contribution in [2.24, 2.45) is 5.41 Å². The molecule has 1 amide bonds. The average Bonchev–Trinajstić information content (AvgIpc) is 2.71. The molecule has 2 aliphatic heterocycles. The number of benzene rings is 1. The minimum Gasteiger partial charge on any atom is -0.444 e. The lowest BCUT2D eigenvalue weighted by Crippen LogP contribution is -2.59. The second-order valence-corrected chi connectivity index (χ2v) is 11.3. The molecule has 1 aromatic carbocycles. The van der Waals surface area contributed by atoms with E-state index in [-0.39, 0.29) is 6.09 Å². The van der Waals surface area contributed by atoms with Crippen LogP contribution in [0, 0.1) is 5.41 Å². The largest absolute Gasteiger partial charge is 0.444 e. The number of piperidine rings is 1. The molecule has 0 radical (unpaired) electrons. The number of carbonyl (C=O) groups is 1. The fourth-order valence-electron chi connectivity index (χ4n) is 5.86. The van der Waals surface area contributed by atoms with Crippen molar-refractivity contribution in [1.82, 2.24) is 15.1 Å². The molecule has 0 bridgehead atoms. The lowest BCUT2D eigenvalue weighted by atomic mass is 9.59. The van der Waals surface area contributed by atoms with E-state index in [0.717, 1.165) is 45.6 Å². The van der Waals surface area contributed by atoms with E-state index in [4.69, 9.17) is 4.74 Å². The fourth-order valence-corrected chi connectivity index (χ4v) is 5.86. The molecule has 3 aliphatic rings. The first-order valence-electron chi connectivity index (χ1n) is 12.2. The van der Waals surface area contributed by atoms with E-state index < -0.39 is 5.60 Å². The van der Waals surface area contributed by atoms with Crippen LogP contribution in [-0.2, 0) is 4.74 Å². The van der Waals surface area contributed by atoms with Crippen molar-refractivity contribution in [1.29, 1.82) is 0 Å². The van der Waals surface area contributed by atoms with Gasteiger partial charge in [0.25, 0.3) is 0 Å². The second kappa shape index (κ2) is 8.74. The monoisotopic (exact) mass is 427 g/mol. The van der Waals surface area contributed by atoms with Crippen molar-refractivity contribution in [2.45, 2.75) is 83.9 Å². The summed E-state index contributed by atoms with van der Waals surface area (Å²) in [6.07, 6.45) is 4.63. The normalized spacial score (nSPS) is 25.0. The number of piperazine rings is 1. The maximum atomic E-state index is 12.4. The lowest BCUT2D eigenvalue weighted by molar-refractivity contribution is -0.0648. The summed E-state index contributed by atoms with van der Waals surface area (Å²) in [7, 11) is 0. The number of amides is 1. The molecular weight excluding hydrogens is 386 g/mol. The zero-order chi connectivity index (χ0) is 22.2. The Morgan fingerprint density at radius 3 is 2.45 bits per heavy atom. The number of nitrogens with zero attached hydrogens (tertiary/aromatic N) is 2. The van der Waals surface area contributed by atoms with Crippen molar-refractivity contribution in [2.75, 3.05) is 32.7 Å². The lowest BCUT2D eigenvalue weighted by Gasteiger charge is -2.57. The molecule has 2 saturated heterocycles. The van der Waals surface area contributed by atoms with Gasteiger partial charge in [0.05, 0.1) is 0 Å². The molecule has 1 N–H and O–H groups in total. The van der Waals surface area contributed by atoms with Crippen molar-refractivity contribution >= 4 is 6.09 Å².